The van der Waals surface area contributed by atoms with Gasteiger partial charge in [0.1, 0.15) is 15.9 Å². The Kier molecular flexibility index (Phi) is 4.51. The lowest BCUT2D eigenvalue weighted by Crippen LogP contribution is -2.35. The van der Waals surface area contributed by atoms with E-state index in [4.69, 9.17) is 0 Å². The Morgan fingerprint density at radius 2 is 1.76 bits per heavy atom. The minimum Gasteiger partial charge on any atom is -0.208 e. The molecule has 1 aromatic heterocycles. The molecule has 114 valence electrons. The van der Waals surface area contributed by atoms with E-state index < -0.39 is 10.0 Å². The van der Waals surface area contributed by atoms with Crippen molar-refractivity contribution >= 4 is 32.8 Å². The molecule has 0 saturated heterocycles. The van der Waals surface area contributed by atoms with E-state index in [0.717, 1.165) is 37.4 Å². The molecule has 0 aliphatic heterocycles. The first kappa shape index (κ1) is 14.9. The number of sulfonamides is 1. The first-order valence-electron chi connectivity index (χ1n) is 7.40. The van der Waals surface area contributed by atoms with Crippen molar-refractivity contribution in [2.45, 2.75) is 55.9 Å². The van der Waals surface area contributed by atoms with Crippen molar-refractivity contribution in [2.75, 3.05) is 0 Å². The van der Waals surface area contributed by atoms with Crippen molar-refractivity contribution in [1.82, 2.24) is 13.5 Å². The van der Waals surface area contributed by atoms with Crippen LogP contribution in [0.25, 0.3) is 11.0 Å². The molecule has 0 atom stereocenters. The summed E-state index contributed by atoms with van der Waals surface area (Å²) in [5, 5.41) is 0. The van der Waals surface area contributed by atoms with Crippen molar-refractivity contribution < 1.29 is 8.42 Å². The molecule has 1 aromatic carbocycles. The molecule has 0 bridgehead atoms. The highest BCUT2D eigenvalue weighted by atomic mass is 32.2. The Morgan fingerprint density at radius 3 is 2.52 bits per heavy atom. The highest BCUT2D eigenvalue weighted by Crippen LogP contribution is 2.23. The molecule has 0 radical (unpaired) electrons. The predicted molar refractivity (Wildman–Crippen MR) is 83.8 cm³/mol. The fraction of sp³-hybridized carbons (Fsp3) is 0.571. The van der Waals surface area contributed by atoms with Gasteiger partial charge in [0.15, 0.2) is 0 Å². The van der Waals surface area contributed by atoms with Gasteiger partial charge in [-0.05, 0) is 25.0 Å². The Hall–Kier alpha value is -1.05. The highest BCUT2D eigenvalue weighted by molar-refractivity contribution is 7.89. The maximum Gasteiger partial charge on any atom is 0.243 e. The molecule has 3 rings (SSSR count). The van der Waals surface area contributed by atoms with E-state index in [1.54, 1.807) is 18.2 Å². The topological polar surface area (TPSA) is 72.0 Å². The van der Waals surface area contributed by atoms with Crippen molar-refractivity contribution in [3.05, 3.63) is 18.2 Å². The smallest absolute Gasteiger partial charge is 0.208 e. The summed E-state index contributed by atoms with van der Waals surface area (Å²) in [5.41, 5.74) is 1.11. The van der Waals surface area contributed by atoms with E-state index in [9.17, 15) is 8.42 Å². The summed E-state index contributed by atoms with van der Waals surface area (Å²) in [7, 11) is -3.53. The van der Waals surface area contributed by atoms with Gasteiger partial charge in [-0.3, -0.25) is 0 Å². The van der Waals surface area contributed by atoms with Crippen molar-refractivity contribution in [3.8, 4) is 0 Å². The van der Waals surface area contributed by atoms with E-state index in [-0.39, 0.29) is 10.9 Å². The number of nitrogens with zero attached hydrogens (tertiary/aromatic N) is 2. The van der Waals surface area contributed by atoms with Crippen molar-refractivity contribution in [2.24, 2.45) is 0 Å². The van der Waals surface area contributed by atoms with Crippen LogP contribution in [0, 0.1) is 0 Å². The molecule has 1 fully saturated rings. The van der Waals surface area contributed by atoms with Crippen LogP contribution in [0.1, 0.15) is 44.9 Å². The molecule has 1 heterocycles. The number of nitrogens with one attached hydrogen (secondary N) is 1. The number of aromatic nitrogens is 2. The number of fused-ring (bicyclic) bond motifs is 1. The fourth-order valence-electron chi connectivity index (χ4n) is 2.86. The standard InChI is InChI=1S/C14H19N3O2S2/c18-21(19,17-11-7-4-2-1-3-5-8-11)13-10-6-9-12-14(13)16-20-15-12/h6,9-11,17H,1-5,7-8H2. The third kappa shape index (κ3) is 3.41. The Balaban J connectivity index is 1.84. The third-order valence-corrected chi connectivity index (χ3v) is 6.06. The monoisotopic (exact) mass is 325 g/mol. The zero-order valence-corrected chi connectivity index (χ0v) is 13.4. The summed E-state index contributed by atoms with van der Waals surface area (Å²) in [5.74, 6) is 0. The lowest BCUT2D eigenvalue weighted by Gasteiger charge is -2.21. The van der Waals surface area contributed by atoms with E-state index in [0.29, 0.717) is 11.0 Å². The molecular weight excluding hydrogens is 306 g/mol. The first-order chi connectivity index (χ1) is 10.2. The van der Waals surface area contributed by atoms with Crippen LogP contribution in [-0.2, 0) is 10.0 Å². The van der Waals surface area contributed by atoms with Crippen molar-refractivity contribution in [3.63, 3.8) is 0 Å². The molecule has 7 heteroatoms. The van der Waals surface area contributed by atoms with E-state index in [1.807, 2.05) is 0 Å². The van der Waals surface area contributed by atoms with Gasteiger partial charge in [0, 0.05) is 6.04 Å². The second kappa shape index (κ2) is 6.37. The molecule has 1 N–H and O–H groups in total. The van der Waals surface area contributed by atoms with Gasteiger partial charge in [-0.2, -0.15) is 8.75 Å². The van der Waals surface area contributed by atoms with E-state index in [1.165, 1.54) is 19.3 Å². The van der Waals surface area contributed by atoms with Crippen LogP contribution in [0.4, 0.5) is 0 Å². The minimum absolute atomic E-state index is 0.0390. The quantitative estimate of drug-likeness (QED) is 0.941. The van der Waals surface area contributed by atoms with Crippen LogP contribution >= 0.6 is 11.7 Å². The summed E-state index contributed by atoms with van der Waals surface area (Å²) < 4.78 is 36.4. The normalized spacial score (nSPS) is 18.5. The lowest BCUT2D eigenvalue weighted by molar-refractivity contribution is 0.426. The fourth-order valence-corrected chi connectivity index (χ4v) is 4.93. The summed E-state index contributed by atoms with van der Waals surface area (Å²) in [6.07, 6.45) is 7.69. The SMILES string of the molecule is O=S(=O)(NC1CCCCCCC1)c1cccc2nsnc12. The predicted octanol–water partition coefficient (Wildman–Crippen LogP) is 3.08. The molecular formula is C14H19N3O2S2. The molecule has 2 aromatic rings. The molecule has 1 aliphatic rings. The van der Waals surface area contributed by atoms with Crippen molar-refractivity contribution in [1.29, 1.82) is 0 Å². The van der Waals surface area contributed by atoms with Crippen LogP contribution < -0.4 is 4.72 Å². The van der Waals surface area contributed by atoms with Gasteiger partial charge in [-0.25, -0.2) is 13.1 Å². The zero-order chi connectivity index (χ0) is 14.7. The van der Waals surface area contributed by atoms with Crippen LogP contribution in [0.3, 0.4) is 0 Å². The van der Waals surface area contributed by atoms with Gasteiger partial charge in [-0.15, -0.1) is 0 Å². The Labute approximate surface area is 129 Å². The van der Waals surface area contributed by atoms with Crippen LogP contribution in [-0.4, -0.2) is 23.2 Å². The second-order valence-corrected chi connectivity index (χ2v) is 7.76. The van der Waals surface area contributed by atoms with Gasteiger partial charge >= 0.3 is 0 Å². The largest absolute Gasteiger partial charge is 0.243 e. The first-order valence-corrected chi connectivity index (χ1v) is 9.62. The minimum atomic E-state index is -3.53. The Bertz CT molecular complexity index is 704. The van der Waals surface area contributed by atoms with Gasteiger partial charge < -0.3 is 0 Å². The number of rotatable bonds is 3. The van der Waals surface area contributed by atoms with Crippen LogP contribution in [0.5, 0.6) is 0 Å². The molecule has 1 aliphatic carbocycles. The molecule has 21 heavy (non-hydrogen) atoms. The average molecular weight is 325 g/mol. The molecule has 0 amide bonds. The lowest BCUT2D eigenvalue weighted by atomic mass is 9.97. The average Bonchev–Trinajstić information content (AvgIpc) is 2.89. The van der Waals surface area contributed by atoms with Crippen LogP contribution in [0.2, 0.25) is 0 Å². The highest BCUT2D eigenvalue weighted by Gasteiger charge is 2.23. The summed E-state index contributed by atoms with van der Waals surface area (Å²) in [6.45, 7) is 0. The maximum absolute atomic E-state index is 12.6. The third-order valence-electron chi connectivity index (χ3n) is 3.97. The van der Waals surface area contributed by atoms with Gasteiger partial charge in [-0.1, -0.05) is 38.2 Å². The number of benzene rings is 1. The number of hydrogen-bond donors (Lipinski definition) is 1. The summed E-state index contributed by atoms with van der Waals surface area (Å²) in [4.78, 5) is 0.246. The molecule has 5 nitrogen and oxygen atoms in total. The number of hydrogen-bond acceptors (Lipinski definition) is 5. The van der Waals surface area contributed by atoms with Crippen LogP contribution in [0.15, 0.2) is 23.1 Å². The second-order valence-electron chi connectivity index (χ2n) is 5.55. The summed E-state index contributed by atoms with van der Waals surface area (Å²) >= 11 is 1.04. The van der Waals surface area contributed by atoms with E-state index >= 15 is 0 Å². The molecule has 0 unspecified atom stereocenters. The summed E-state index contributed by atoms with van der Waals surface area (Å²) in [6, 6.07) is 5.15. The Morgan fingerprint density at radius 1 is 1.05 bits per heavy atom. The van der Waals surface area contributed by atoms with Gasteiger partial charge in [0.25, 0.3) is 0 Å². The van der Waals surface area contributed by atoms with Gasteiger partial charge in [0.05, 0.1) is 11.7 Å². The molecule has 0 spiro atoms. The van der Waals surface area contributed by atoms with Gasteiger partial charge in [0.2, 0.25) is 10.0 Å². The zero-order valence-electron chi connectivity index (χ0n) is 11.8. The maximum atomic E-state index is 12.6. The van der Waals surface area contributed by atoms with E-state index in [2.05, 4.69) is 13.5 Å². The molecule has 1 saturated carbocycles.